The van der Waals surface area contributed by atoms with Gasteiger partial charge in [-0.25, -0.2) is 4.98 Å². The Morgan fingerprint density at radius 1 is 1.25 bits per heavy atom. The molecule has 0 aliphatic carbocycles. The fraction of sp³-hybridized carbons (Fsp3) is 0.0833. The summed E-state index contributed by atoms with van der Waals surface area (Å²) >= 11 is 1.70. The predicted octanol–water partition coefficient (Wildman–Crippen LogP) is 3.20. The summed E-state index contributed by atoms with van der Waals surface area (Å²) in [5.74, 6) is 0.826. The number of para-hydroxylation sites is 1. The molecule has 2 aromatic heterocycles. The van der Waals surface area contributed by atoms with Crippen LogP contribution in [-0.4, -0.2) is 9.97 Å². The van der Waals surface area contributed by atoms with Crippen LogP contribution in [-0.2, 0) is 6.61 Å². The average Bonchev–Trinajstić information content (AvgIpc) is 2.97. The van der Waals surface area contributed by atoms with Crippen LogP contribution < -0.4 is 4.74 Å². The Kier molecular flexibility index (Phi) is 2.34. The molecular formula is C12H10N2OS. The quantitative estimate of drug-likeness (QED) is 0.750. The van der Waals surface area contributed by atoms with Gasteiger partial charge in [-0.2, -0.15) is 0 Å². The molecule has 3 aromatic rings. The number of benzene rings is 1. The Morgan fingerprint density at radius 3 is 3.12 bits per heavy atom. The van der Waals surface area contributed by atoms with Crippen molar-refractivity contribution in [1.29, 1.82) is 0 Å². The van der Waals surface area contributed by atoms with Crippen LogP contribution in [0.25, 0.3) is 11.0 Å². The van der Waals surface area contributed by atoms with Crippen LogP contribution in [0.3, 0.4) is 0 Å². The van der Waals surface area contributed by atoms with Gasteiger partial charge in [0.25, 0.3) is 0 Å². The number of thiophene rings is 1. The zero-order valence-corrected chi connectivity index (χ0v) is 9.33. The fourth-order valence-corrected chi connectivity index (χ4v) is 2.21. The molecule has 2 heterocycles. The third-order valence-electron chi connectivity index (χ3n) is 2.36. The van der Waals surface area contributed by atoms with Crippen LogP contribution in [0.2, 0.25) is 0 Å². The van der Waals surface area contributed by atoms with E-state index in [0.29, 0.717) is 6.61 Å². The number of hydrogen-bond acceptors (Lipinski definition) is 3. The number of nitrogens with zero attached hydrogens (tertiary/aromatic N) is 1. The lowest BCUT2D eigenvalue weighted by Crippen LogP contribution is -1.93. The van der Waals surface area contributed by atoms with Crippen molar-refractivity contribution in [2.45, 2.75) is 6.61 Å². The second kappa shape index (κ2) is 3.98. The molecule has 0 amide bonds. The van der Waals surface area contributed by atoms with E-state index >= 15 is 0 Å². The molecule has 0 spiro atoms. The lowest BCUT2D eigenvalue weighted by molar-refractivity contribution is 0.313. The second-order valence-corrected chi connectivity index (χ2v) is 4.46. The van der Waals surface area contributed by atoms with Crippen molar-refractivity contribution in [3.8, 4) is 5.75 Å². The normalized spacial score (nSPS) is 10.8. The van der Waals surface area contributed by atoms with Crippen LogP contribution in [0.5, 0.6) is 5.75 Å². The van der Waals surface area contributed by atoms with E-state index in [9.17, 15) is 0 Å². The number of fused-ring (bicyclic) bond motifs is 1. The summed E-state index contributed by atoms with van der Waals surface area (Å²) in [7, 11) is 0. The number of aromatic nitrogens is 2. The first-order valence-corrected chi connectivity index (χ1v) is 5.89. The minimum absolute atomic E-state index is 0.601. The number of rotatable bonds is 3. The van der Waals surface area contributed by atoms with Crippen molar-refractivity contribution in [3.63, 3.8) is 0 Å². The van der Waals surface area contributed by atoms with Crippen molar-refractivity contribution in [1.82, 2.24) is 9.97 Å². The van der Waals surface area contributed by atoms with Crippen LogP contribution in [0, 0.1) is 0 Å². The van der Waals surface area contributed by atoms with Gasteiger partial charge in [0.2, 0.25) is 0 Å². The zero-order chi connectivity index (χ0) is 10.8. The molecule has 0 fully saturated rings. The van der Waals surface area contributed by atoms with Gasteiger partial charge < -0.3 is 9.72 Å². The standard InChI is InChI=1S/C12H10N2OS/c1-4-10-12(14-8-13-10)11(5-1)15-7-9-3-2-6-16-9/h1-6,8H,7H2,(H,13,14). The van der Waals surface area contributed by atoms with Gasteiger partial charge in [0.1, 0.15) is 17.9 Å². The molecule has 3 nitrogen and oxygen atoms in total. The highest BCUT2D eigenvalue weighted by atomic mass is 32.1. The van der Waals surface area contributed by atoms with E-state index in [0.717, 1.165) is 16.8 Å². The summed E-state index contributed by atoms with van der Waals surface area (Å²) in [6.07, 6.45) is 1.68. The van der Waals surface area contributed by atoms with Gasteiger partial charge in [-0.15, -0.1) is 11.3 Å². The number of ether oxygens (including phenoxy) is 1. The van der Waals surface area contributed by atoms with Crippen molar-refractivity contribution in [2.75, 3.05) is 0 Å². The Morgan fingerprint density at radius 2 is 2.25 bits per heavy atom. The predicted molar refractivity (Wildman–Crippen MR) is 64.7 cm³/mol. The Labute approximate surface area is 96.7 Å². The minimum atomic E-state index is 0.601. The molecular weight excluding hydrogens is 220 g/mol. The largest absolute Gasteiger partial charge is 0.486 e. The molecule has 1 aromatic carbocycles. The highest BCUT2D eigenvalue weighted by molar-refractivity contribution is 7.09. The molecule has 0 saturated heterocycles. The second-order valence-electron chi connectivity index (χ2n) is 3.42. The molecule has 0 atom stereocenters. The monoisotopic (exact) mass is 230 g/mol. The molecule has 0 saturated carbocycles. The lowest BCUT2D eigenvalue weighted by atomic mass is 10.3. The third kappa shape index (κ3) is 1.67. The number of aromatic amines is 1. The van der Waals surface area contributed by atoms with E-state index in [1.165, 1.54) is 4.88 Å². The van der Waals surface area contributed by atoms with Gasteiger partial charge in [0, 0.05) is 4.88 Å². The van der Waals surface area contributed by atoms with Crippen LogP contribution >= 0.6 is 11.3 Å². The fourth-order valence-electron chi connectivity index (χ4n) is 1.60. The van der Waals surface area contributed by atoms with E-state index in [1.54, 1.807) is 17.7 Å². The first-order valence-electron chi connectivity index (χ1n) is 5.01. The molecule has 3 rings (SSSR count). The summed E-state index contributed by atoms with van der Waals surface area (Å²) in [4.78, 5) is 8.52. The van der Waals surface area contributed by atoms with Crippen LogP contribution in [0.1, 0.15) is 4.88 Å². The van der Waals surface area contributed by atoms with Gasteiger partial charge in [0.15, 0.2) is 0 Å². The summed E-state index contributed by atoms with van der Waals surface area (Å²) in [5.41, 5.74) is 1.89. The van der Waals surface area contributed by atoms with E-state index in [-0.39, 0.29) is 0 Å². The minimum Gasteiger partial charge on any atom is -0.486 e. The maximum atomic E-state index is 5.75. The summed E-state index contributed by atoms with van der Waals surface area (Å²) in [6.45, 7) is 0.601. The van der Waals surface area contributed by atoms with Gasteiger partial charge >= 0.3 is 0 Å². The molecule has 0 aliphatic heterocycles. The number of nitrogens with one attached hydrogen (secondary N) is 1. The molecule has 0 unspecified atom stereocenters. The molecule has 0 radical (unpaired) electrons. The van der Waals surface area contributed by atoms with E-state index in [1.807, 2.05) is 29.6 Å². The van der Waals surface area contributed by atoms with E-state index in [2.05, 4.69) is 16.0 Å². The van der Waals surface area contributed by atoms with Crippen molar-refractivity contribution < 1.29 is 4.74 Å². The van der Waals surface area contributed by atoms with Gasteiger partial charge in [0.05, 0.1) is 11.8 Å². The van der Waals surface area contributed by atoms with Gasteiger partial charge in [-0.1, -0.05) is 12.1 Å². The average molecular weight is 230 g/mol. The van der Waals surface area contributed by atoms with Gasteiger partial charge in [-0.3, -0.25) is 0 Å². The van der Waals surface area contributed by atoms with Crippen molar-refractivity contribution >= 4 is 22.4 Å². The molecule has 1 N–H and O–H groups in total. The third-order valence-corrected chi connectivity index (χ3v) is 3.21. The molecule has 4 heteroatoms. The molecule has 80 valence electrons. The number of hydrogen-bond donors (Lipinski definition) is 1. The first-order chi connectivity index (χ1) is 7.93. The lowest BCUT2D eigenvalue weighted by Gasteiger charge is -2.04. The Bertz CT molecular complexity index is 586. The number of H-pyrrole nitrogens is 1. The summed E-state index contributed by atoms with van der Waals surface area (Å²) in [6, 6.07) is 9.98. The highest BCUT2D eigenvalue weighted by Crippen LogP contribution is 2.23. The summed E-state index contributed by atoms with van der Waals surface area (Å²) < 4.78 is 5.75. The smallest absolute Gasteiger partial charge is 0.147 e. The van der Waals surface area contributed by atoms with Crippen LogP contribution in [0.4, 0.5) is 0 Å². The van der Waals surface area contributed by atoms with Crippen LogP contribution in [0.15, 0.2) is 42.0 Å². The number of imidazole rings is 1. The molecule has 0 aliphatic rings. The maximum Gasteiger partial charge on any atom is 0.147 e. The first kappa shape index (κ1) is 9.42. The van der Waals surface area contributed by atoms with Crippen molar-refractivity contribution in [3.05, 3.63) is 46.9 Å². The van der Waals surface area contributed by atoms with Crippen molar-refractivity contribution in [2.24, 2.45) is 0 Å². The Hall–Kier alpha value is -1.81. The maximum absolute atomic E-state index is 5.75. The molecule has 16 heavy (non-hydrogen) atoms. The van der Waals surface area contributed by atoms with E-state index in [4.69, 9.17) is 4.74 Å². The van der Waals surface area contributed by atoms with E-state index < -0.39 is 0 Å². The SMILES string of the molecule is c1csc(COc2cccc3[nH]cnc23)c1. The topological polar surface area (TPSA) is 37.9 Å². The summed E-state index contributed by atoms with van der Waals surface area (Å²) in [5, 5.41) is 2.05. The highest BCUT2D eigenvalue weighted by Gasteiger charge is 2.04. The Balaban J connectivity index is 1.86. The van der Waals surface area contributed by atoms with Gasteiger partial charge in [-0.05, 0) is 23.6 Å². The molecule has 0 bridgehead atoms. The zero-order valence-electron chi connectivity index (χ0n) is 8.51.